The average Bonchev–Trinajstić information content (AvgIpc) is 2.50. The molecule has 2 atom stereocenters. The molecule has 0 rings (SSSR count). The van der Waals surface area contributed by atoms with E-state index in [1.54, 1.807) is 10.6 Å². The van der Waals surface area contributed by atoms with E-state index in [-0.39, 0.29) is 0 Å². The lowest BCUT2D eigenvalue weighted by molar-refractivity contribution is -0.166. The highest BCUT2D eigenvalue weighted by atomic mass is 35.6. The van der Waals surface area contributed by atoms with Crippen LogP contribution in [0, 0.1) is 0 Å². The van der Waals surface area contributed by atoms with Gasteiger partial charge in [-0.2, -0.15) is 0 Å². The summed E-state index contributed by atoms with van der Waals surface area (Å²) in [5.41, 5.74) is 0. The number of carboxylic acid groups (broad SMARTS) is 2. The minimum atomic E-state index is -2.58. The molecule has 0 fully saturated rings. The van der Waals surface area contributed by atoms with Gasteiger partial charge in [-0.3, -0.25) is 19.2 Å². The van der Waals surface area contributed by atoms with Crippen molar-refractivity contribution in [2.45, 2.75) is 32.5 Å². The van der Waals surface area contributed by atoms with Crippen LogP contribution in [0.15, 0.2) is 0 Å². The van der Waals surface area contributed by atoms with Crippen LogP contribution in [0.2, 0.25) is 0 Å². The van der Waals surface area contributed by atoms with E-state index < -0.39 is 68.2 Å². The molecule has 0 saturated carbocycles. The number of esters is 2. The molecule has 0 unspecified atom stereocenters. The molecule has 11 nitrogen and oxygen atoms in total. The van der Waals surface area contributed by atoms with E-state index in [1.165, 1.54) is 0 Å². The number of nitrogens with one attached hydrogen (secondary N) is 2. The van der Waals surface area contributed by atoms with Crippen LogP contribution in [0.4, 0.5) is 0 Å². The van der Waals surface area contributed by atoms with Gasteiger partial charge in [0.1, 0.15) is 12.1 Å². The molecule has 0 aromatic rings. The van der Waals surface area contributed by atoms with E-state index in [0.717, 1.165) is 0 Å². The van der Waals surface area contributed by atoms with Crippen LogP contribution in [-0.2, 0) is 33.5 Å². The molecule has 0 spiro atoms. The summed E-state index contributed by atoms with van der Waals surface area (Å²) in [5.74, 6) is -9.36. The van der Waals surface area contributed by atoms with Crippen molar-refractivity contribution in [3.63, 3.8) is 0 Å². The molecule has 2 amide bonds. The number of amides is 2. The van der Waals surface area contributed by atoms with Gasteiger partial charge < -0.3 is 25.6 Å². The molecular formula is C12H10Cl6N2O9. The highest BCUT2D eigenvalue weighted by Crippen LogP contribution is 2.27. The average molecular weight is 539 g/mol. The summed E-state index contributed by atoms with van der Waals surface area (Å²) >= 11 is 31.7. The minimum Gasteiger partial charge on any atom is -0.481 e. The molecule has 0 bridgehead atoms. The van der Waals surface area contributed by atoms with Crippen LogP contribution < -0.4 is 10.6 Å². The standard InChI is InChI=1S/C12H10Cl6N2O9/c13-11(14,15)9(27)19-3(1-5(21)22)7(25)29-8(26)4(2-6(23)24)20-10(28)12(16,17)18/h3-4H,1-2H2,(H,19,27)(H,20,28)(H,21,22)(H,23,24)/t3-,4-/m0/s1. The molecule has 29 heavy (non-hydrogen) atoms. The van der Waals surface area contributed by atoms with E-state index in [2.05, 4.69) is 4.74 Å². The lowest BCUT2D eigenvalue weighted by Gasteiger charge is -2.21. The zero-order chi connectivity index (χ0) is 23.2. The van der Waals surface area contributed by atoms with E-state index in [0.29, 0.717) is 0 Å². The molecule has 0 aliphatic heterocycles. The normalized spacial score (nSPS) is 13.6. The number of hydrogen-bond acceptors (Lipinski definition) is 7. The lowest BCUT2D eigenvalue weighted by atomic mass is 10.2. The second-order valence-electron chi connectivity index (χ2n) is 4.98. The van der Waals surface area contributed by atoms with E-state index in [4.69, 9.17) is 79.8 Å². The van der Waals surface area contributed by atoms with Crippen molar-refractivity contribution in [3.05, 3.63) is 0 Å². The van der Waals surface area contributed by atoms with Gasteiger partial charge in [0, 0.05) is 0 Å². The number of carboxylic acids is 2. The van der Waals surface area contributed by atoms with Crippen molar-refractivity contribution in [2.75, 3.05) is 0 Å². The number of aliphatic carboxylic acids is 2. The quantitative estimate of drug-likeness (QED) is 0.197. The summed E-state index contributed by atoms with van der Waals surface area (Å²) < 4.78 is -0.845. The molecule has 0 heterocycles. The number of carbonyl (C=O) groups is 6. The predicted molar refractivity (Wildman–Crippen MR) is 100 cm³/mol. The number of alkyl halides is 6. The first-order valence-corrected chi connectivity index (χ1v) is 9.16. The fraction of sp³-hybridized carbons (Fsp3) is 0.500. The second-order valence-corrected chi connectivity index (χ2v) is 9.55. The predicted octanol–water partition coefficient (Wildman–Crippen LogP) is 0.716. The van der Waals surface area contributed by atoms with Crippen LogP contribution in [-0.4, -0.2) is 65.6 Å². The van der Waals surface area contributed by atoms with Gasteiger partial charge in [-0.1, -0.05) is 69.6 Å². The minimum absolute atomic E-state index is 1.09. The zero-order valence-electron chi connectivity index (χ0n) is 13.6. The molecule has 0 aromatic carbocycles. The second kappa shape index (κ2) is 11.2. The van der Waals surface area contributed by atoms with Gasteiger partial charge >= 0.3 is 23.9 Å². The first kappa shape index (κ1) is 27.8. The van der Waals surface area contributed by atoms with Crippen LogP contribution in [0.1, 0.15) is 12.8 Å². The number of carbonyl (C=O) groups excluding carboxylic acids is 4. The Hall–Kier alpha value is -1.24. The molecule has 164 valence electrons. The topological polar surface area (TPSA) is 176 Å². The van der Waals surface area contributed by atoms with Crippen molar-refractivity contribution in [1.29, 1.82) is 0 Å². The lowest BCUT2D eigenvalue weighted by Crippen LogP contribution is -2.51. The zero-order valence-corrected chi connectivity index (χ0v) is 18.1. The van der Waals surface area contributed by atoms with Crippen molar-refractivity contribution >= 4 is 105 Å². The fourth-order valence-corrected chi connectivity index (χ4v) is 1.78. The summed E-state index contributed by atoms with van der Waals surface area (Å²) in [6.45, 7) is 0. The maximum atomic E-state index is 12.0. The largest absolute Gasteiger partial charge is 0.481 e. The molecule has 0 aliphatic carbocycles. The molecular weight excluding hydrogens is 529 g/mol. The van der Waals surface area contributed by atoms with Gasteiger partial charge in [-0.05, 0) is 0 Å². The summed E-state index contributed by atoms with van der Waals surface area (Å²) in [6.07, 6.45) is -2.19. The summed E-state index contributed by atoms with van der Waals surface area (Å²) in [6, 6.07) is -4.01. The molecule has 0 aromatic heterocycles. The van der Waals surface area contributed by atoms with Crippen LogP contribution >= 0.6 is 69.6 Å². The molecule has 4 N–H and O–H groups in total. The monoisotopic (exact) mass is 536 g/mol. The Labute approximate surface area is 191 Å². The van der Waals surface area contributed by atoms with Gasteiger partial charge in [0.25, 0.3) is 19.4 Å². The van der Waals surface area contributed by atoms with Crippen molar-refractivity contribution in [3.8, 4) is 0 Å². The molecule has 17 heteroatoms. The Bertz CT molecular complexity index is 645. The maximum absolute atomic E-state index is 12.0. The Balaban J connectivity index is 5.42. The summed E-state index contributed by atoms with van der Waals surface area (Å²) in [7, 11) is 0. The summed E-state index contributed by atoms with van der Waals surface area (Å²) in [5, 5.41) is 21.1. The summed E-state index contributed by atoms with van der Waals surface area (Å²) in [4.78, 5) is 69.0. The molecule has 0 aliphatic rings. The number of halogens is 6. The Morgan fingerprint density at radius 2 is 0.966 bits per heavy atom. The van der Waals surface area contributed by atoms with E-state index >= 15 is 0 Å². The van der Waals surface area contributed by atoms with Gasteiger partial charge in [0.05, 0.1) is 12.8 Å². The number of rotatable bonds is 8. The first-order chi connectivity index (χ1) is 12.9. The van der Waals surface area contributed by atoms with Crippen LogP contribution in [0.3, 0.4) is 0 Å². The van der Waals surface area contributed by atoms with E-state index in [1.807, 2.05) is 0 Å². The van der Waals surface area contributed by atoms with Crippen molar-refractivity contribution < 1.29 is 43.7 Å². The molecule has 0 radical (unpaired) electrons. The SMILES string of the molecule is O=C(O)C[C@H](NC(=O)C(Cl)(Cl)Cl)C(=O)OC(=O)[C@H](CC(=O)O)NC(=O)C(Cl)(Cl)Cl. The third-order valence-corrected chi connectivity index (χ3v) is 3.68. The highest BCUT2D eigenvalue weighted by molar-refractivity contribution is 6.76. The van der Waals surface area contributed by atoms with Crippen LogP contribution in [0.5, 0.6) is 0 Å². The molecule has 0 saturated heterocycles. The third kappa shape index (κ3) is 10.9. The fourth-order valence-electron chi connectivity index (χ4n) is 1.46. The first-order valence-electron chi connectivity index (χ1n) is 6.89. The number of ether oxygens (including phenoxy) is 1. The number of hydrogen-bond donors (Lipinski definition) is 4. The van der Waals surface area contributed by atoms with Gasteiger partial charge in [-0.15, -0.1) is 0 Å². The van der Waals surface area contributed by atoms with Gasteiger partial charge in [0.15, 0.2) is 0 Å². The van der Waals surface area contributed by atoms with Crippen LogP contribution in [0.25, 0.3) is 0 Å². The Kier molecular flexibility index (Phi) is 10.8. The smallest absolute Gasteiger partial charge is 0.336 e. The van der Waals surface area contributed by atoms with Crippen molar-refractivity contribution in [1.82, 2.24) is 10.6 Å². The van der Waals surface area contributed by atoms with Gasteiger partial charge in [-0.25, -0.2) is 9.59 Å². The highest BCUT2D eigenvalue weighted by Gasteiger charge is 2.39. The van der Waals surface area contributed by atoms with Gasteiger partial charge in [0.2, 0.25) is 0 Å². The van der Waals surface area contributed by atoms with Crippen molar-refractivity contribution in [2.24, 2.45) is 0 Å². The Morgan fingerprint density at radius 1 is 0.690 bits per heavy atom. The maximum Gasteiger partial charge on any atom is 0.336 e. The third-order valence-electron chi connectivity index (χ3n) is 2.65. The Morgan fingerprint density at radius 3 is 1.17 bits per heavy atom. The van der Waals surface area contributed by atoms with E-state index in [9.17, 15) is 28.8 Å².